The van der Waals surface area contributed by atoms with E-state index < -0.39 is 0 Å². The van der Waals surface area contributed by atoms with Crippen molar-refractivity contribution >= 4 is 0 Å². The van der Waals surface area contributed by atoms with E-state index in [1.54, 1.807) is 6.08 Å². The highest BCUT2D eigenvalue weighted by atomic mass is 15.2. The summed E-state index contributed by atoms with van der Waals surface area (Å²) in [5.74, 6) is 4.93. The van der Waals surface area contributed by atoms with Crippen LogP contribution in [0, 0.1) is 11.3 Å². The molecule has 0 aromatic rings. The molecule has 3 N–H and O–H groups in total. The third-order valence-electron chi connectivity index (χ3n) is 0.612. The van der Waals surface area contributed by atoms with E-state index in [1.165, 1.54) is 0 Å². The van der Waals surface area contributed by atoms with E-state index in [4.69, 9.17) is 11.1 Å². The Labute approximate surface area is 48.8 Å². The first-order chi connectivity index (χ1) is 3.91. The molecule has 0 aliphatic carbocycles. The second-order valence-corrected chi connectivity index (χ2v) is 1.24. The molecule has 0 amide bonds. The SMILES string of the molecule is N#CCC=CCNN. The molecule has 3 heteroatoms. The number of nitrogens with two attached hydrogens (primary N) is 1. The topological polar surface area (TPSA) is 61.8 Å². The van der Waals surface area contributed by atoms with Gasteiger partial charge in [-0.3, -0.25) is 11.3 Å². The molecule has 0 aliphatic rings. The monoisotopic (exact) mass is 111 g/mol. The van der Waals surface area contributed by atoms with E-state index >= 15 is 0 Å². The Morgan fingerprint density at radius 3 is 2.88 bits per heavy atom. The van der Waals surface area contributed by atoms with Gasteiger partial charge in [-0.25, -0.2) is 0 Å². The van der Waals surface area contributed by atoms with Gasteiger partial charge in [-0.15, -0.1) is 0 Å². The fourth-order valence-electron chi connectivity index (χ4n) is 0.287. The highest BCUT2D eigenvalue weighted by Crippen LogP contribution is 1.75. The zero-order valence-electron chi connectivity index (χ0n) is 4.59. The van der Waals surface area contributed by atoms with Crippen molar-refractivity contribution in [1.29, 1.82) is 5.26 Å². The predicted molar refractivity (Wildman–Crippen MR) is 31.6 cm³/mol. The van der Waals surface area contributed by atoms with Gasteiger partial charge in [0.05, 0.1) is 12.5 Å². The summed E-state index contributed by atoms with van der Waals surface area (Å²) in [6.07, 6.45) is 4.03. The van der Waals surface area contributed by atoms with Crippen molar-refractivity contribution in [2.24, 2.45) is 5.84 Å². The Hall–Kier alpha value is -0.850. The first-order valence-corrected chi connectivity index (χ1v) is 2.37. The van der Waals surface area contributed by atoms with E-state index in [0.29, 0.717) is 13.0 Å². The van der Waals surface area contributed by atoms with Crippen LogP contribution in [0.5, 0.6) is 0 Å². The molecule has 0 unspecified atom stereocenters. The van der Waals surface area contributed by atoms with Crippen LogP contribution < -0.4 is 11.3 Å². The maximum atomic E-state index is 8.01. The van der Waals surface area contributed by atoms with Crippen molar-refractivity contribution in [1.82, 2.24) is 5.43 Å². The number of allylic oxidation sites excluding steroid dienone is 1. The van der Waals surface area contributed by atoms with Crippen LogP contribution in [0.2, 0.25) is 0 Å². The minimum Gasteiger partial charge on any atom is -0.271 e. The summed E-state index contributed by atoms with van der Waals surface area (Å²) < 4.78 is 0. The van der Waals surface area contributed by atoms with Crippen LogP contribution in [0.15, 0.2) is 12.2 Å². The minimum absolute atomic E-state index is 0.460. The summed E-state index contributed by atoms with van der Waals surface area (Å²) in [7, 11) is 0. The summed E-state index contributed by atoms with van der Waals surface area (Å²) in [4.78, 5) is 0. The number of hydrazine groups is 1. The van der Waals surface area contributed by atoms with Gasteiger partial charge in [0, 0.05) is 6.54 Å². The fourth-order valence-corrected chi connectivity index (χ4v) is 0.287. The zero-order chi connectivity index (χ0) is 6.24. The summed E-state index contributed by atoms with van der Waals surface area (Å²) >= 11 is 0. The minimum atomic E-state index is 0.460. The molecule has 0 aliphatic heterocycles. The first-order valence-electron chi connectivity index (χ1n) is 2.37. The lowest BCUT2D eigenvalue weighted by atomic mass is 10.4. The molecule has 0 heterocycles. The van der Waals surface area contributed by atoms with Gasteiger partial charge in [-0.1, -0.05) is 12.2 Å². The largest absolute Gasteiger partial charge is 0.271 e. The van der Waals surface area contributed by atoms with Crippen molar-refractivity contribution in [3.8, 4) is 6.07 Å². The molecule has 0 saturated heterocycles. The molecule has 0 aromatic heterocycles. The Bertz CT molecular complexity index is 101. The van der Waals surface area contributed by atoms with E-state index in [2.05, 4.69) is 5.43 Å². The zero-order valence-corrected chi connectivity index (χ0v) is 4.59. The number of rotatable bonds is 3. The van der Waals surface area contributed by atoms with Crippen molar-refractivity contribution in [3.05, 3.63) is 12.2 Å². The molecule has 8 heavy (non-hydrogen) atoms. The van der Waals surface area contributed by atoms with Crippen molar-refractivity contribution < 1.29 is 0 Å². The third kappa shape index (κ3) is 5.15. The van der Waals surface area contributed by atoms with Gasteiger partial charge in [0.15, 0.2) is 0 Å². The molecular formula is C5H9N3. The van der Waals surface area contributed by atoms with E-state index in [9.17, 15) is 0 Å². The smallest absolute Gasteiger partial charge is 0.0663 e. The van der Waals surface area contributed by atoms with Gasteiger partial charge < -0.3 is 0 Å². The van der Waals surface area contributed by atoms with Gasteiger partial charge in [0.2, 0.25) is 0 Å². The first kappa shape index (κ1) is 7.15. The average molecular weight is 111 g/mol. The fraction of sp³-hybridized carbons (Fsp3) is 0.400. The molecule has 44 valence electrons. The van der Waals surface area contributed by atoms with E-state index in [-0.39, 0.29) is 0 Å². The third-order valence-corrected chi connectivity index (χ3v) is 0.612. The Morgan fingerprint density at radius 1 is 1.62 bits per heavy atom. The van der Waals surface area contributed by atoms with Crippen LogP contribution in [0.25, 0.3) is 0 Å². The molecule has 0 rings (SSSR count). The number of nitrogens with zero attached hydrogens (tertiary/aromatic N) is 1. The van der Waals surface area contributed by atoms with Crippen LogP contribution in [0.4, 0.5) is 0 Å². The van der Waals surface area contributed by atoms with Crippen LogP contribution in [-0.2, 0) is 0 Å². The van der Waals surface area contributed by atoms with Gasteiger partial charge in [0.25, 0.3) is 0 Å². The van der Waals surface area contributed by atoms with Crippen molar-refractivity contribution in [3.63, 3.8) is 0 Å². The van der Waals surface area contributed by atoms with Gasteiger partial charge in [-0.2, -0.15) is 5.26 Å². The molecule has 0 saturated carbocycles. The molecular weight excluding hydrogens is 102 g/mol. The summed E-state index contributed by atoms with van der Waals surface area (Å²) in [5, 5.41) is 8.01. The quantitative estimate of drug-likeness (QED) is 0.304. The Balaban J connectivity index is 2.98. The lowest BCUT2D eigenvalue weighted by molar-refractivity contribution is 0.822. The highest BCUT2D eigenvalue weighted by molar-refractivity contribution is 4.90. The molecule has 0 aromatic carbocycles. The number of hydrogen-bond acceptors (Lipinski definition) is 3. The van der Waals surface area contributed by atoms with E-state index in [1.807, 2.05) is 12.1 Å². The number of nitrogens with one attached hydrogen (secondary N) is 1. The summed E-state index contributed by atoms with van der Waals surface area (Å²) in [6, 6.07) is 1.97. The van der Waals surface area contributed by atoms with Gasteiger partial charge in [0.1, 0.15) is 0 Å². The standard InChI is InChI=1S/C5H9N3/c6-4-2-1-3-5-8-7/h1,3,8H,2,5,7H2. The van der Waals surface area contributed by atoms with Crippen molar-refractivity contribution in [2.45, 2.75) is 6.42 Å². The highest BCUT2D eigenvalue weighted by Gasteiger charge is 1.69. The Kier molecular flexibility index (Phi) is 5.50. The van der Waals surface area contributed by atoms with Crippen LogP contribution >= 0.6 is 0 Å². The Morgan fingerprint density at radius 2 is 2.38 bits per heavy atom. The molecule has 0 spiro atoms. The average Bonchev–Trinajstić information content (AvgIpc) is 1.81. The maximum absolute atomic E-state index is 8.01. The van der Waals surface area contributed by atoms with E-state index in [0.717, 1.165) is 0 Å². The van der Waals surface area contributed by atoms with Crippen molar-refractivity contribution in [2.75, 3.05) is 6.54 Å². The maximum Gasteiger partial charge on any atom is 0.0663 e. The lowest BCUT2D eigenvalue weighted by Crippen LogP contribution is -2.21. The molecule has 0 fully saturated rings. The summed E-state index contributed by atoms with van der Waals surface area (Å²) in [6.45, 7) is 0.627. The summed E-state index contributed by atoms with van der Waals surface area (Å²) in [5.41, 5.74) is 2.43. The van der Waals surface area contributed by atoms with Gasteiger partial charge >= 0.3 is 0 Å². The molecule has 3 nitrogen and oxygen atoms in total. The van der Waals surface area contributed by atoms with Crippen LogP contribution in [-0.4, -0.2) is 6.54 Å². The normalized spacial score (nSPS) is 9.50. The second-order valence-electron chi connectivity index (χ2n) is 1.24. The predicted octanol–water partition coefficient (Wildman–Crippen LogP) is -0.0804. The van der Waals surface area contributed by atoms with Crippen LogP contribution in [0.1, 0.15) is 6.42 Å². The lowest BCUT2D eigenvalue weighted by Gasteiger charge is -1.83. The molecule has 0 bridgehead atoms. The number of nitriles is 1. The van der Waals surface area contributed by atoms with Gasteiger partial charge in [-0.05, 0) is 0 Å². The second kappa shape index (κ2) is 6.15. The van der Waals surface area contributed by atoms with Crippen LogP contribution in [0.3, 0.4) is 0 Å². The molecule has 0 atom stereocenters. The molecule has 0 radical (unpaired) electrons. The number of hydrogen-bond donors (Lipinski definition) is 2.